The lowest BCUT2D eigenvalue weighted by Gasteiger charge is -2.25. The highest BCUT2D eigenvalue weighted by Crippen LogP contribution is 2.28. The van der Waals surface area contributed by atoms with Crippen molar-refractivity contribution in [2.45, 2.75) is 37.1 Å². The quantitative estimate of drug-likeness (QED) is 0.593. The van der Waals surface area contributed by atoms with Crippen molar-refractivity contribution in [1.29, 1.82) is 0 Å². The van der Waals surface area contributed by atoms with E-state index in [0.29, 0.717) is 12.8 Å². The van der Waals surface area contributed by atoms with E-state index >= 15 is 0 Å². The zero-order chi connectivity index (χ0) is 14.3. The maximum absolute atomic E-state index is 12.3. The first kappa shape index (κ1) is 15.8. The molecule has 3 N–H and O–H groups in total. The van der Waals surface area contributed by atoms with E-state index in [0.717, 1.165) is 16.3 Å². The summed E-state index contributed by atoms with van der Waals surface area (Å²) in [5.74, 6) is 0.687. The zero-order valence-electron chi connectivity index (χ0n) is 11.6. The van der Waals surface area contributed by atoms with Gasteiger partial charge in [0.15, 0.2) is 0 Å². The van der Waals surface area contributed by atoms with E-state index in [4.69, 9.17) is 5.73 Å². The first-order valence-corrected chi connectivity index (χ1v) is 7.49. The largest absolute Gasteiger partial charge is 0.323 e. The van der Waals surface area contributed by atoms with E-state index in [1.807, 2.05) is 44.2 Å². The molecule has 0 spiro atoms. The third-order valence-electron chi connectivity index (χ3n) is 3.21. The number of carbonyl (C=O) groups excluding carboxylic acids is 1. The summed E-state index contributed by atoms with van der Waals surface area (Å²) >= 11 is 1.64. The Morgan fingerprint density at radius 2 is 2.05 bits per heavy atom. The van der Waals surface area contributed by atoms with Gasteiger partial charge in [0.1, 0.15) is 0 Å². The predicted octanol–water partition coefficient (Wildman–Crippen LogP) is 3.42. The van der Waals surface area contributed by atoms with E-state index in [9.17, 15) is 4.79 Å². The summed E-state index contributed by atoms with van der Waals surface area (Å²) in [6.45, 7) is 7.57. The second-order valence-corrected chi connectivity index (χ2v) is 5.48. The van der Waals surface area contributed by atoms with Crippen LogP contribution >= 0.6 is 11.8 Å². The van der Waals surface area contributed by atoms with Crippen LogP contribution in [0.3, 0.4) is 0 Å². The number of nitrogens with two attached hydrogens (primary N) is 1. The molecule has 0 radical (unpaired) electrons. The molecule has 4 heteroatoms. The van der Waals surface area contributed by atoms with Gasteiger partial charge in [0.25, 0.3) is 0 Å². The SMILES string of the molecule is C=CCSc1ccccc1NC(=O)C(N)(CC)CC. The van der Waals surface area contributed by atoms with Crippen LogP contribution in [0.15, 0.2) is 41.8 Å². The molecule has 0 fully saturated rings. The van der Waals surface area contributed by atoms with Gasteiger partial charge >= 0.3 is 0 Å². The van der Waals surface area contributed by atoms with Gasteiger partial charge in [0.05, 0.1) is 11.2 Å². The third kappa shape index (κ3) is 4.11. The Morgan fingerprint density at radius 1 is 1.42 bits per heavy atom. The van der Waals surface area contributed by atoms with Crippen molar-refractivity contribution in [3.63, 3.8) is 0 Å². The van der Waals surface area contributed by atoms with Crippen molar-refractivity contribution in [2.75, 3.05) is 11.1 Å². The highest BCUT2D eigenvalue weighted by molar-refractivity contribution is 7.99. The molecule has 0 saturated carbocycles. The van der Waals surface area contributed by atoms with Crippen LogP contribution in [0.25, 0.3) is 0 Å². The van der Waals surface area contributed by atoms with Gasteiger partial charge in [-0.15, -0.1) is 18.3 Å². The highest BCUT2D eigenvalue weighted by atomic mass is 32.2. The first-order chi connectivity index (χ1) is 9.07. The van der Waals surface area contributed by atoms with Crippen LogP contribution in [0.5, 0.6) is 0 Å². The maximum atomic E-state index is 12.3. The van der Waals surface area contributed by atoms with Gasteiger partial charge < -0.3 is 11.1 Å². The van der Waals surface area contributed by atoms with Gasteiger partial charge in [-0.2, -0.15) is 0 Å². The molecule has 0 unspecified atom stereocenters. The minimum absolute atomic E-state index is 0.121. The van der Waals surface area contributed by atoms with E-state index in [1.54, 1.807) is 11.8 Å². The van der Waals surface area contributed by atoms with Gasteiger partial charge in [-0.1, -0.05) is 32.1 Å². The Kier molecular flexibility index (Phi) is 6.12. The molecular weight excluding hydrogens is 256 g/mol. The van der Waals surface area contributed by atoms with Crippen LogP contribution in [0, 0.1) is 0 Å². The Hall–Kier alpha value is -1.26. The van der Waals surface area contributed by atoms with Crippen molar-refractivity contribution < 1.29 is 4.79 Å². The summed E-state index contributed by atoms with van der Waals surface area (Å²) in [6, 6.07) is 7.75. The molecule has 0 bridgehead atoms. The molecule has 0 aliphatic heterocycles. The molecule has 0 aromatic heterocycles. The molecule has 104 valence electrons. The standard InChI is InChI=1S/C15H22N2OS/c1-4-11-19-13-10-8-7-9-12(13)17-14(18)15(16,5-2)6-3/h4,7-10H,1,5-6,11,16H2,2-3H3,(H,17,18). The molecular formula is C15H22N2OS. The van der Waals surface area contributed by atoms with E-state index in [-0.39, 0.29) is 5.91 Å². The number of hydrogen-bond acceptors (Lipinski definition) is 3. The fourth-order valence-electron chi connectivity index (χ4n) is 1.66. The van der Waals surface area contributed by atoms with Crippen molar-refractivity contribution in [3.05, 3.63) is 36.9 Å². The topological polar surface area (TPSA) is 55.1 Å². The maximum Gasteiger partial charge on any atom is 0.244 e. The molecule has 19 heavy (non-hydrogen) atoms. The second kappa shape index (κ2) is 7.36. The fraction of sp³-hybridized carbons (Fsp3) is 0.400. The second-order valence-electron chi connectivity index (χ2n) is 4.41. The fourth-order valence-corrected chi connectivity index (χ4v) is 2.41. The lowest BCUT2D eigenvalue weighted by atomic mass is 9.93. The number of anilines is 1. The predicted molar refractivity (Wildman–Crippen MR) is 83.5 cm³/mol. The monoisotopic (exact) mass is 278 g/mol. The number of para-hydroxylation sites is 1. The molecule has 1 aromatic carbocycles. The molecule has 0 atom stereocenters. The van der Waals surface area contributed by atoms with Crippen LogP contribution in [0.2, 0.25) is 0 Å². The van der Waals surface area contributed by atoms with E-state index in [2.05, 4.69) is 11.9 Å². The summed E-state index contributed by atoms with van der Waals surface area (Å²) in [5.41, 5.74) is 6.12. The molecule has 0 saturated heterocycles. The van der Waals surface area contributed by atoms with Crippen LogP contribution in [0.4, 0.5) is 5.69 Å². The Bertz CT molecular complexity index is 442. The molecule has 1 amide bonds. The lowest BCUT2D eigenvalue weighted by molar-refractivity contribution is -0.121. The molecule has 1 aromatic rings. The average Bonchev–Trinajstić information content (AvgIpc) is 2.45. The van der Waals surface area contributed by atoms with Crippen molar-refractivity contribution >= 4 is 23.4 Å². The normalized spacial score (nSPS) is 11.1. The van der Waals surface area contributed by atoms with Gasteiger partial charge in [-0.05, 0) is 25.0 Å². The average molecular weight is 278 g/mol. The van der Waals surface area contributed by atoms with Crippen molar-refractivity contribution in [2.24, 2.45) is 5.73 Å². The van der Waals surface area contributed by atoms with Gasteiger partial charge in [0, 0.05) is 10.6 Å². The summed E-state index contributed by atoms with van der Waals surface area (Å²) in [7, 11) is 0. The van der Waals surface area contributed by atoms with Crippen molar-refractivity contribution in [3.8, 4) is 0 Å². The highest BCUT2D eigenvalue weighted by Gasteiger charge is 2.30. The summed E-state index contributed by atoms with van der Waals surface area (Å²) in [6.07, 6.45) is 3.09. The molecule has 0 aliphatic carbocycles. The van der Waals surface area contributed by atoms with Gasteiger partial charge in [-0.25, -0.2) is 0 Å². The number of benzene rings is 1. The third-order valence-corrected chi connectivity index (χ3v) is 4.28. The smallest absolute Gasteiger partial charge is 0.244 e. The minimum Gasteiger partial charge on any atom is -0.323 e. The van der Waals surface area contributed by atoms with E-state index < -0.39 is 5.54 Å². The number of thioether (sulfide) groups is 1. The number of rotatable bonds is 7. The summed E-state index contributed by atoms with van der Waals surface area (Å²) < 4.78 is 0. The first-order valence-electron chi connectivity index (χ1n) is 6.50. The van der Waals surface area contributed by atoms with Crippen LogP contribution in [-0.2, 0) is 4.79 Å². The Labute approximate surface area is 119 Å². The van der Waals surface area contributed by atoms with Crippen LogP contribution in [-0.4, -0.2) is 17.2 Å². The van der Waals surface area contributed by atoms with Gasteiger partial charge in [0.2, 0.25) is 5.91 Å². The zero-order valence-corrected chi connectivity index (χ0v) is 12.4. The Balaban J connectivity index is 2.87. The number of carbonyl (C=O) groups is 1. The summed E-state index contributed by atoms with van der Waals surface area (Å²) in [5, 5.41) is 2.94. The molecule has 0 aliphatic rings. The molecule has 0 heterocycles. The summed E-state index contributed by atoms with van der Waals surface area (Å²) in [4.78, 5) is 13.3. The van der Waals surface area contributed by atoms with Crippen molar-refractivity contribution in [1.82, 2.24) is 0 Å². The number of nitrogens with one attached hydrogen (secondary N) is 1. The molecule has 1 rings (SSSR count). The Morgan fingerprint density at radius 3 is 2.63 bits per heavy atom. The lowest BCUT2D eigenvalue weighted by Crippen LogP contribution is -2.50. The van der Waals surface area contributed by atoms with E-state index in [1.165, 1.54) is 0 Å². The minimum atomic E-state index is -0.795. The van der Waals surface area contributed by atoms with Gasteiger partial charge in [-0.3, -0.25) is 4.79 Å². The van der Waals surface area contributed by atoms with Crippen LogP contribution in [0.1, 0.15) is 26.7 Å². The number of amides is 1. The van der Waals surface area contributed by atoms with Crippen LogP contribution < -0.4 is 11.1 Å². The molecule has 3 nitrogen and oxygen atoms in total. The number of hydrogen-bond donors (Lipinski definition) is 2.